The lowest BCUT2D eigenvalue weighted by atomic mass is 10.1. The molecule has 0 saturated carbocycles. The smallest absolute Gasteiger partial charge is 0.257 e. The molecular weight excluding hydrogens is 311 g/mol. The first-order chi connectivity index (χ1) is 10.1. The molecule has 1 aliphatic heterocycles. The Morgan fingerprint density at radius 2 is 2.00 bits per heavy atom. The molecule has 1 amide bonds. The van der Waals surface area contributed by atoms with Crippen molar-refractivity contribution in [2.45, 2.75) is 13.0 Å². The summed E-state index contributed by atoms with van der Waals surface area (Å²) in [7, 11) is 0. The second-order valence-corrected chi connectivity index (χ2v) is 5.59. The van der Waals surface area contributed by atoms with Gasteiger partial charge in [0, 0.05) is 12.7 Å². The summed E-state index contributed by atoms with van der Waals surface area (Å²) in [5, 5.41) is 0.695. The van der Waals surface area contributed by atoms with E-state index in [-0.39, 0.29) is 11.9 Å². The zero-order chi connectivity index (χ0) is 15.0. The number of aromatic nitrogens is 2. The van der Waals surface area contributed by atoms with Crippen LogP contribution in [0.4, 0.5) is 5.95 Å². The third-order valence-corrected chi connectivity index (χ3v) is 4.06. The summed E-state index contributed by atoms with van der Waals surface area (Å²) in [6.07, 6.45) is 2.39. The fourth-order valence-electron chi connectivity index (χ4n) is 2.35. The highest BCUT2D eigenvalue weighted by atomic mass is 35.5. The minimum Gasteiger partial charge on any atom is -0.368 e. The summed E-state index contributed by atoms with van der Waals surface area (Å²) >= 11 is 12.2. The molecule has 0 atom stereocenters. The Morgan fingerprint density at radius 1 is 1.29 bits per heavy atom. The molecule has 1 aromatic heterocycles. The number of carbonyl (C=O) groups excluding carboxylic acids is 1. The predicted molar refractivity (Wildman–Crippen MR) is 81.4 cm³/mol. The molecule has 2 N–H and O–H groups in total. The third kappa shape index (κ3) is 2.66. The van der Waals surface area contributed by atoms with Crippen molar-refractivity contribution in [2.24, 2.45) is 0 Å². The molecular formula is C14H12Cl2N4O. The first-order valence-electron chi connectivity index (χ1n) is 6.40. The number of halogens is 2. The lowest BCUT2D eigenvalue weighted by Crippen LogP contribution is -2.37. The van der Waals surface area contributed by atoms with Crippen LogP contribution in [0, 0.1) is 0 Å². The average Bonchev–Trinajstić information content (AvgIpc) is 2.46. The van der Waals surface area contributed by atoms with E-state index in [9.17, 15) is 4.79 Å². The number of nitrogens with two attached hydrogens (primary N) is 1. The molecule has 5 nitrogen and oxygen atoms in total. The van der Waals surface area contributed by atoms with E-state index in [1.165, 1.54) is 0 Å². The van der Waals surface area contributed by atoms with Gasteiger partial charge in [-0.05, 0) is 24.1 Å². The van der Waals surface area contributed by atoms with E-state index in [0.29, 0.717) is 35.1 Å². The van der Waals surface area contributed by atoms with Crippen molar-refractivity contribution in [1.29, 1.82) is 0 Å². The molecule has 0 aliphatic carbocycles. The summed E-state index contributed by atoms with van der Waals surface area (Å²) in [6, 6.07) is 5.01. The molecule has 0 bridgehead atoms. The first kappa shape index (κ1) is 14.1. The van der Waals surface area contributed by atoms with Crippen LogP contribution in [-0.4, -0.2) is 27.3 Å². The van der Waals surface area contributed by atoms with E-state index < -0.39 is 0 Å². The van der Waals surface area contributed by atoms with Crippen molar-refractivity contribution < 1.29 is 4.79 Å². The van der Waals surface area contributed by atoms with Gasteiger partial charge in [-0.2, -0.15) is 0 Å². The van der Waals surface area contributed by atoms with Crippen molar-refractivity contribution in [2.75, 3.05) is 12.3 Å². The van der Waals surface area contributed by atoms with Gasteiger partial charge in [-0.3, -0.25) is 4.79 Å². The topological polar surface area (TPSA) is 72.1 Å². The maximum Gasteiger partial charge on any atom is 0.257 e. The Morgan fingerprint density at radius 3 is 2.71 bits per heavy atom. The van der Waals surface area contributed by atoms with Crippen LogP contribution in [-0.2, 0) is 13.0 Å². The van der Waals surface area contributed by atoms with E-state index >= 15 is 0 Å². The van der Waals surface area contributed by atoms with Crippen LogP contribution in [0.5, 0.6) is 0 Å². The fraction of sp³-hybridized carbons (Fsp3) is 0.214. The molecule has 2 heterocycles. The molecule has 3 rings (SSSR count). The van der Waals surface area contributed by atoms with Crippen molar-refractivity contribution in [1.82, 2.24) is 14.9 Å². The highest BCUT2D eigenvalue weighted by Gasteiger charge is 2.26. The molecule has 0 spiro atoms. The van der Waals surface area contributed by atoms with Gasteiger partial charge >= 0.3 is 0 Å². The highest BCUT2D eigenvalue weighted by molar-refractivity contribution is 6.39. The Bertz CT molecular complexity index is 700. The molecule has 2 aromatic rings. The normalized spacial score (nSPS) is 13.9. The van der Waals surface area contributed by atoms with Gasteiger partial charge in [0.15, 0.2) is 0 Å². The van der Waals surface area contributed by atoms with Crippen LogP contribution < -0.4 is 5.73 Å². The van der Waals surface area contributed by atoms with E-state index in [2.05, 4.69) is 9.97 Å². The number of amides is 1. The Hall–Kier alpha value is -1.85. The van der Waals surface area contributed by atoms with Crippen LogP contribution in [0.1, 0.15) is 21.6 Å². The zero-order valence-electron chi connectivity index (χ0n) is 11.0. The molecule has 1 aliphatic rings. The van der Waals surface area contributed by atoms with Crippen molar-refractivity contribution in [3.63, 3.8) is 0 Å². The molecule has 1 aromatic carbocycles. The van der Waals surface area contributed by atoms with Gasteiger partial charge < -0.3 is 10.6 Å². The summed E-state index contributed by atoms with van der Waals surface area (Å²) in [6.45, 7) is 0.948. The molecule has 0 unspecified atom stereocenters. The van der Waals surface area contributed by atoms with E-state index in [4.69, 9.17) is 28.9 Å². The summed E-state index contributed by atoms with van der Waals surface area (Å²) in [5.41, 5.74) is 7.70. The van der Waals surface area contributed by atoms with E-state index in [0.717, 1.165) is 11.3 Å². The molecule has 0 radical (unpaired) electrons. The lowest BCUT2D eigenvalue weighted by molar-refractivity contribution is 0.0732. The summed E-state index contributed by atoms with van der Waals surface area (Å²) in [5.74, 6) is 0.00672. The van der Waals surface area contributed by atoms with E-state index in [1.54, 1.807) is 29.3 Å². The highest BCUT2D eigenvalue weighted by Crippen LogP contribution is 2.27. The van der Waals surface area contributed by atoms with Gasteiger partial charge in [-0.15, -0.1) is 0 Å². The molecule has 7 heteroatoms. The number of hydrogen-bond donors (Lipinski definition) is 1. The average molecular weight is 323 g/mol. The fourth-order valence-corrected chi connectivity index (χ4v) is 2.91. The lowest BCUT2D eigenvalue weighted by Gasteiger charge is -2.28. The third-order valence-electron chi connectivity index (χ3n) is 3.43. The van der Waals surface area contributed by atoms with Crippen molar-refractivity contribution in [3.8, 4) is 0 Å². The van der Waals surface area contributed by atoms with Gasteiger partial charge in [0.1, 0.15) is 0 Å². The zero-order valence-corrected chi connectivity index (χ0v) is 12.5. The van der Waals surface area contributed by atoms with Crippen LogP contribution in [0.15, 0.2) is 24.4 Å². The number of carbonyl (C=O) groups is 1. The number of anilines is 1. The molecule has 21 heavy (non-hydrogen) atoms. The minimum absolute atomic E-state index is 0.201. The Kier molecular flexibility index (Phi) is 3.69. The van der Waals surface area contributed by atoms with Crippen LogP contribution in [0.25, 0.3) is 0 Å². The Labute approximate surface area is 131 Å². The van der Waals surface area contributed by atoms with Gasteiger partial charge in [0.25, 0.3) is 5.91 Å². The monoisotopic (exact) mass is 322 g/mol. The van der Waals surface area contributed by atoms with Crippen molar-refractivity contribution in [3.05, 3.63) is 51.3 Å². The van der Waals surface area contributed by atoms with Crippen LogP contribution in [0.3, 0.4) is 0 Å². The maximum atomic E-state index is 12.6. The SMILES string of the molecule is Nc1ncc2c(n1)CN(C(=O)c1c(Cl)cccc1Cl)CC2. The molecule has 0 fully saturated rings. The largest absolute Gasteiger partial charge is 0.368 e. The summed E-state index contributed by atoms with van der Waals surface area (Å²) in [4.78, 5) is 22.4. The van der Waals surface area contributed by atoms with Crippen molar-refractivity contribution >= 4 is 35.1 Å². The number of nitrogens with zero attached hydrogens (tertiary/aromatic N) is 3. The van der Waals surface area contributed by atoms with Crippen LogP contribution >= 0.6 is 23.2 Å². The standard InChI is InChI=1S/C14H12Cl2N4O/c15-9-2-1-3-10(16)12(9)13(21)20-5-4-8-6-18-14(17)19-11(8)7-20/h1-3,6H,4-5,7H2,(H2,17,18,19). The first-order valence-corrected chi connectivity index (χ1v) is 7.15. The number of hydrogen-bond acceptors (Lipinski definition) is 4. The van der Waals surface area contributed by atoms with Gasteiger partial charge in [0.05, 0.1) is 27.8 Å². The van der Waals surface area contributed by atoms with E-state index in [1.807, 2.05) is 0 Å². The second-order valence-electron chi connectivity index (χ2n) is 4.77. The minimum atomic E-state index is -0.201. The maximum absolute atomic E-state index is 12.6. The quantitative estimate of drug-likeness (QED) is 0.875. The van der Waals surface area contributed by atoms with Gasteiger partial charge in [-0.25, -0.2) is 9.97 Å². The second kappa shape index (κ2) is 5.50. The van der Waals surface area contributed by atoms with Crippen LogP contribution in [0.2, 0.25) is 10.0 Å². The number of nitrogen functional groups attached to an aromatic ring is 1. The Balaban J connectivity index is 1.91. The van der Waals surface area contributed by atoms with Gasteiger partial charge in [-0.1, -0.05) is 29.3 Å². The summed E-state index contributed by atoms with van der Waals surface area (Å²) < 4.78 is 0. The number of benzene rings is 1. The number of fused-ring (bicyclic) bond motifs is 1. The predicted octanol–water partition coefficient (Wildman–Crippen LogP) is 2.56. The molecule has 108 valence electrons. The van der Waals surface area contributed by atoms with Gasteiger partial charge in [0.2, 0.25) is 5.95 Å². The number of rotatable bonds is 1. The molecule has 0 saturated heterocycles.